The fourth-order valence-electron chi connectivity index (χ4n) is 2.40. The molecule has 1 unspecified atom stereocenters. The number of piperazine rings is 1. The lowest BCUT2D eigenvalue weighted by atomic mass is 10.1. The molecule has 1 atom stereocenters. The molecule has 1 aliphatic rings. The molecule has 1 aliphatic heterocycles. The Morgan fingerprint density at radius 2 is 2.17 bits per heavy atom. The van der Waals surface area contributed by atoms with Crippen LogP contribution >= 0.6 is 11.6 Å². The highest BCUT2D eigenvalue weighted by atomic mass is 35.5. The smallest absolute Gasteiger partial charge is 0.0642 e. The molecule has 0 amide bonds. The molecule has 1 aromatic rings. The summed E-state index contributed by atoms with van der Waals surface area (Å²) < 4.78 is 0. The zero-order valence-electron chi connectivity index (χ0n) is 11.2. The van der Waals surface area contributed by atoms with E-state index in [4.69, 9.17) is 17.3 Å². The Balaban J connectivity index is 2.13. The van der Waals surface area contributed by atoms with Gasteiger partial charge in [-0.25, -0.2) is 0 Å². The van der Waals surface area contributed by atoms with Gasteiger partial charge in [0.2, 0.25) is 0 Å². The topological polar surface area (TPSA) is 32.5 Å². The number of benzene rings is 1. The molecule has 0 spiro atoms. The molecule has 100 valence electrons. The average Bonchev–Trinajstić information content (AvgIpc) is 2.34. The van der Waals surface area contributed by atoms with E-state index in [1.54, 1.807) is 0 Å². The second kappa shape index (κ2) is 5.91. The van der Waals surface area contributed by atoms with Crippen molar-refractivity contribution >= 4 is 17.3 Å². The van der Waals surface area contributed by atoms with E-state index in [0.29, 0.717) is 12.6 Å². The molecule has 0 saturated carbocycles. The number of anilines is 1. The Hall–Kier alpha value is -0.770. The fourth-order valence-corrected chi connectivity index (χ4v) is 2.72. The van der Waals surface area contributed by atoms with E-state index >= 15 is 0 Å². The number of hydrogen-bond acceptors (Lipinski definition) is 3. The average molecular weight is 268 g/mol. The minimum atomic E-state index is 0.568. The largest absolute Gasteiger partial charge is 0.367 e. The summed E-state index contributed by atoms with van der Waals surface area (Å²) in [6.45, 7) is 6.08. The molecule has 1 saturated heterocycles. The van der Waals surface area contributed by atoms with Crippen molar-refractivity contribution in [1.82, 2.24) is 4.90 Å². The number of rotatable bonds is 3. The molecule has 0 aliphatic carbocycles. The van der Waals surface area contributed by atoms with E-state index in [1.165, 1.54) is 5.56 Å². The number of nitrogens with two attached hydrogens (primary N) is 1. The molecule has 1 heterocycles. The van der Waals surface area contributed by atoms with E-state index in [1.807, 2.05) is 6.07 Å². The summed E-state index contributed by atoms with van der Waals surface area (Å²) in [5.41, 5.74) is 7.93. The van der Waals surface area contributed by atoms with Crippen molar-refractivity contribution in [3.05, 3.63) is 28.8 Å². The molecule has 2 rings (SSSR count). The monoisotopic (exact) mass is 267 g/mol. The lowest BCUT2D eigenvalue weighted by Gasteiger charge is -2.39. The van der Waals surface area contributed by atoms with Crippen LogP contribution in [0.3, 0.4) is 0 Å². The van der Waals surface area contributed by atoms with Crippen molar-refractivity contribution in [2.75, 3.05) is 38.1 Å². The molecule has 0 aromatic heterocycles. The highest BCUT2D eigenvalue weighted by Crippen LogP contribution is 2.28. The highest BCUT2D eigenvalue weighted by molar-refractivity contribution is 6.33. The van der Waals surface area contributed by atoms with Gasteiger partial charge in [0, 0.05) is 25.7 Å². The Morgan fingerprint density at radius 1 is 1.39 bits per heavy atom. The molecule has 18 heavy (non-hydrogen) atoms. The summed E-state index contributed by atoms with van der Waals surface area (Å²) >= 11 is 6.39. The maximum Gasteiger partial charge on any atom is 0.0642 e. The van der Waals surface area contributed by atoms with Gasteiger partial charge < -0.3 is 15.5 Å². The van der Waals surface area contributed by atoms with Gasteiger partial charge in [-0.05, 0) is 44.6 Å². The van der Waals surface area contributed by atoms with Crippen molar-refractivity contribution in [2.24, 2.45) is 5.73 Å². The van der Waals surface area contributed by atoms with Gasteiger partial charge in [-0.15, -0.1) is 0 Å². The molecule has 4 heteroatoms. The third kappa shape index (κ3) is 2.97. The van der Waals surface area contributed by atoms with Crippen LogP contribution < -0.4 is 10.6 Å². The first-order chi connectivity index (χ1) is 8.61. The van der Waals surface area contributed by atoms with Crippen LogP contribution in [0, 0.1) is 0 Å². The van der Waals surface area contributed by atoms with Crippen molar-refractivity contribution in [1.29, 1.82) is 0 Å². The highest BCUT2D eigenvalue weighted by Gasteiger charge is 2.22. The summed E-state index contributed by atoms with van der Waals surface area (Å²) in [6, 6.07) is 6.88. The van der Waals surface area contributed by atoms with Crippen LogP contribution in [0.5, 0.6) is 0 Å². The van der Waals surface area contributed by atoms with Crippen LogP contribution in [0.1, 0.15) is 12.5 Å². The molecule has 3 nitrogen and oxygen atoms in total. The number of hydrogen-bond donors (Lipinski definition) is 1. The molecular weight excluding hydrogens is 246 g/mol. The summed E-state index contributed by atoms with van der Waals surface area (Å²) in [5.74, 6) is 0. The van der Waals surface area contributed by atoms with Gasteiger partial charge in [-0.1, -0.05) is 17.7 Å². The van der Waals surface area contributed by atoms with E-state index < -0.39 is 0 Å². The molecule has 2 N–H and O–H groups in total. The van der Waals surface area contributed by atoms with Crippen LogP contribution in [0.2, 0.25) is 5.02 Å². The lowest BCUT2D eigenvalue weighted by molar-refractivity contribution is 0.234. The van der Waals surface area contributed by atoms with Crippen molar-refractivity contribution in [3.63, 3.8) is 0 Å². The predicted molar refractivity (Wildman–Crippen MR) is 78.5 cm³/mol. The van der Waals surface area contributed by atoms with Gasteiger partial charge in [0.15, 0.2) is 0 Å². The lowest BCUT2D eigenvalue weighted by Crippen LogP contribution is -2.50. The van der Waals surface area contributed by atoms with Crippen LogP contribution in [-0.2, 0) is 6.42 Å². The number of nitrogens with zero attached hydrogens (tertiary/aromatic N) is 2. The normalized spacial score (nSPS) is 21.3. The summed E-state index contributed by atoms with van der Waals surface area (Å²) in [7, 11) is 2.17. The van der Waals surface area contributed by atoms with Gasteiger partial charge in [0.05, 0.1) is 10.7 Å². The maximum atomic E-state index is 6.39. The minimum Gasteiger partial charge on any atom is -0.367 e. The van der Waals surface area contributed by atoms with E-state index in [2.05, 4.69) is 35.9 Å². The molecule has 1 aromatic carbocycles. The zero-order valence-corrected chi connectivity index (χ0v) is 12.0. The molecule has 0 bridgehead atoms. The van der Waals surface area contributed by atoms with Crippen molar-refractivity contribution in [3.8, 4) is 0 Å². The SMILES string of the molecule is CC1CN(c2ccc(CCN)cc2Cl)CCN1C. The first kappa shape index (κ1) is 13.7. The van der Waals surface area contributed by atoms with E-state index in [-0.39, 0.29) is 0 Å². The molecule has 1 fully saturated rings. The standard InChI is InChI=1S/C14H22ClN3/c1-11-10-18(8-7-17(11)2)14-4-3-12(5-6-16)9-13(14)15/h3-4,9,11H,5-8,10,16H2,1-2H3. The minimum absolute atomic E-state index is 0.568. The molecule has 0 radical (unpaired) electrons. The van der Waals surface area contributed by atoms with Crippen molar-refractivity contribution in [2.45, 2.75) is 19.4 Å². The Labute approximate surface area is 115 Å². The van der Waals surface area contributed by atoms with Crippen molar-refractivity contribution < 1.29 is 0 Å². The zero-order chi connectivity index (χ0) is 13.1. The summed E-state index contributed by atoms with van der Waals surface area (Å²) in [5, 5.41) is 0.845. The second-order valence-electron chi connectivity index (χ2n) is 5.10. The van der Waals surface area contributed by atoms with Gasteiger partial charge in [0.1, 0.15) is 0 Å². The first-order valence-electron chi connectivity index (χ1n) is 6.55. The Morgan fingerprint density at radius 3 is 2.78 bits per heavy atom. The number of halogens is 1. The third-order valence-electron chi connectivity index (χ3n) is 3.75. The third-order valence-corrected chi connectivity index (χ3v) is 4.05. The Kier molecular flexibility index (Phi) is 4.49. The molecular formula is C14H22ClN3. The van der Waals surface area contributed by atoms with Gasteiger partial charge in [0.25, 0.3) is 0 Å². The Bertz CT molecular complexity index is 408. The van der Waals surface area contributed by atoms with Crippen LogP contribution in [0.15, 0.2) is 18.2 Å². The van der Waals surface area contributed by atoms with Gasteiger partial charge >= 0.3 is 0 Å². The van der Waals surface area contributed by atoms with Crippen LogP contribution in [0.25, 0.3) is 0 Å². The fraction of sp³-hybridized carbons (Fsp3) is 0.571. The van der Waals surface area contributed by atoms with Crippen LogP contribution in [-0.4, -0.2) is 44.2 Å². The number of likely N-dealkylation sites (N-methyl/N-ethyl adjacent to an activating group) is 1. The summed E-state index contributed by atoms with van der Waals surface area (Å²) in [4.78, 5) is 4.76. The summed E-state index contributed by atoms with van der Waals surface area (Å²) in [6.07, 6.45) is 0.888. The van der Waals surface area contributed by atoms with E-state index in [9.17, 15) is 0 Å². The van der Waals surface area contributed by atoms with Gasteiger partial charge in [-0.2, -0.15) is 0 Å². The van der Waals surface area contributed by atoms with Crippen LogP contribution in [0.4, 0.5) is 5.69 Å². The second-order valence-corrected chi connectivity index (χ2v) is 5.51. The maximum absolute atomic E-state index is 6.39. The first-order valence-corrected chi connectivity index (χ1v) is 6.93. The van der Waals surface area contributed by atoms with E-state index in [0.717, 1.165) is 36.8 Å². The quantitative estimate of drug-likeness (QED) is 0.909. The predicted octanol–water partition coefficient (Wildman–Crippen LogP) is 1.98. The van der Waals surface area contributed by atoms with Gasteiger partial charge in [-0.3, -0.25) is 0 Å².